The number of hydrogen-bond donors (Lipinski definition) is 1. The lowest BCUT2D eigenvalue weighted by Gasteiger charge is -2.10. The van der Waals surface area contributed by atoms with Gasteiger partial charge in [0.05, 0.1) is 5.84 Å². The Balaban J connectivity index is 3.89. The lowest BCUT2D eigenvalue weighted by Crippen LogP contribution is -2.25. The Hall–Kier alpha value is -0.573. The second kappa shape index (κ2) is 17.5. The first-order chi connectivity index (χ1) is 10.3. The monoisotopic (exact) mass is 310 g/mol. The third kappa shape index (κ3) is 15.6. The maximum Gasteiger partial charge on any atom is 0.0962 e. The quantitative estimate of drug-likeness (QED) is 0.202. The Labute approximate surface area is 135 Å². The van der Waals surface area contributed by atoms with Crippen LogP contribution >= 0.6 is 0 Å². The average molecular weight is 311 g/mol. The highest BCUT2D eigenvalue weighted by atomic mass is 28.2. The summed E-state index contributed by atoms with van der Waals surface area (Å²) in [5.74, 6) is 1.26. The van der Waals surface area contributed by atoms with Gasteiger partial charge in [0.2, 0.25) is 0 Å². The molecule has 0 bridgehead atoms. The molecule has 0 aliphatic rings. The molecule has 0 atom stereocenters. The van der Waals surface area contributed by atoms with E-state index in [-0.39, 0.29) is 9.52 Å². The molecule has 1 N–H and O–H groups in total. The highest BCUT2D eigenvalue weighted by molar-refractivity contribution is 6.41. The third-order valence-corrected chi connectivity index (χ3v) is 5.06. The van der Waals surface area contributed by atoms with E-state index in [2.05, 4.69) is 31.4 Å². The summed E-state index contributed by atoms with van der Waals surface area (Å²) in [5, 5.41) is 3.59. The van der Waals surface area contributed by atoms with Crippen molar-refractivity contribution in [1.29, 1.82) is 0 Å². The molecule has 0 radical (unpaired) electrons. The van der Waals surface area contributed by atoms with E-state index in [1.165, 1.54) is 69.7 Å². The fraction of sp³-hybridized carbons (Fsp3) is 0.833. The lowest BCUT2D eigenvalue weighted by molar-refractivity contribution is 0.646. The zero-order chi connectivity index (χ0) is 15.6. The standard InChI is InChI=1S/C18H38N2Si/c1-4-7-9-11-15-19-18(14-13-17-21-6-3)20-16-12-10-8-5-2/h6H,3-5,7-17,21H2,1-2H3,(H,19,20). The highest BCUT2D eigenvalue weighted by Gasteiger charge is 1.99. The van der Waals surface area contributed by atoms with Crippen molar-refractivity contribution in [2.24, 2.45) is 4.99 Å². The Kier molecular flexibility index (Phi) is 17.0. The van der Waals surface area contributed by atoms with Crippen LogP contribution in [0.1, 0.15) is 78.1 Å². The Morgan fingerprint density at radius 2 is 1.71 bits per heavy atom. The molecule has 0 aromatic carbocycles. The van der Waals surface area contributed by atoms with E-state index in [1.807, 2.05) is 0 Å². The van der Waals surface area contributed by atoms with Crippen LogP contribution in [0, 0.1) is 0 Å². The minimum atomic E-state index is -0.00109. The van der Waals surface area contributed by atoms with E-state index in [4.69, 9.17) is 4.99 Å². The van der Waals surface area contributed by atoms with Gasteiger partial charge in [-0.05, 0) is 19.3 Å². The van der Waals surface area contributed by atoms with E-state index in [0.717, 1.165) is 19.5 Å². The molecule has 0 spiro atoms. The molecule has 0 rings (SSSR count). The van der Waals surface area contributed by atoms with Crippen LogP contribution in [0.15, 0.2) is 17.3 Å². The number of nitrogens with one attached hydrogen (secondary N) is 1. The summed E-state index contributed by atoms with van der Waals surface area (Å²) in [6.07, 6.45) is 12.9. The molecular formula is C18H38N2Si. The summed E-state index contributed by atoms with van der Waals surface area (Å²) >= 11 is 0. The third-order valence-electron chi connectivity index (χ3n) is 3.75. The van der Waals surface area contributed by atoms with Crippen molar-refractivity contribution in [3.05, 3.63) is 12.3 Å². The van der Waals surface area contributed by atoms with Crippen molar-refractivity contribution >= 4 is 15.4 Å². The summed E-state index contributed by atoms with van der Waals surface area (Å²) in [5.41, 5.74) is 2.15. The molecular weight excluding hydrogens is 272 g/mol. The SMILES string of the molecule is C=C[SiH2]CCCC(=NCCCCCC)NCCCCCC. The second-order valence-corrected chi connectivity index (χ2v) is 7.77. The topological polar surface area (TPSA) is 24.4 Å². The van der Waals surface area contributed by atoms with Gasteiger partial charge in [-0.2, -0.15) is 0 Å². The molecule has 124 valence electrons. The molecule has 0 unspecified atom stereocenters. The lowest BCUT2D eigenvalue weighted by atomic mass is 10.2. The number of rotatable bonds is 15. The van der Waals surface area contributed by atoms with Gasteiger partial charge in [0.1, 0.15) is 0 Å². The predicted octanol–water partition coefficient (Wildman–Crippen LogP) is 4.65. The van der Waals surface area contributed by atoms with Gasteiger partial charge in [0.25, 0.3) is 0 Å². The maximum absolute atomic E-state index is 4.81. The Bertz CT molecular complexity index is 252. The van der Waals surface area contributed by atoms with Crippen LogP contribution in [0.25, 0.3) is 0 Å². The van der Waals surface area contributed by atoms with Crippen molar-refractivity contribution in [1.82, 2.24) is 5.32 Å². The minimum absolute atomic E-state index is 0.00109. The Morgan fingerprint density at radius 3 is 2.38 bits per heavy atom. The van der Waals surface area contributed by atoms with Crippen molar-refractivity contribution in [2.45, 2.75) is 84.1 Å². The Morgan fingerprint density at radius 1 is 1.00 bits per heavy atom. The molecule has 2 nitrogen and oxygen atoms in total. The summed E-state index contributed by atoms with van der Waals surface area (Å²) in [4.78, 5) is 4.81. The maximum atomic E-state index is 4.81. The molecule has 21 heavy (non-hydrogen) atoms. The highest BCUT2D eigenvalue weighted by Crippen LogP contribution is 2.02. The molecule has 0 saturated heterocycles. The van der Waals surface area contributed by atoms with Crippen molar-refractivity contribution in [3.8, 4) is 0 Å². The molecule has 0 aromatic heterocycles. The fourth-order valence-corrected chi connectivity index (χ4v) is 3.17. The molecule has 0 amide bonds. The van der Waals surface area contributed by atoms with Crippen molar-refractivity contribution < 1.29 is 0 Å². The summed E-state index contributed by atoms with van der Waals surface area (Å²) in [6, 6.07) is 1.37. The normalized spacial score (nSPS) is 12.2. The first-order valence-electron chi connectivity index (χ1n) is 9.23. The number of unbranched alkanes of at least 4 members (excludes halogenated alkanes) is 6. The summed E-state index contributed by atoms with van der Waals surface area (Å²) < 4.78 is 0. The molecule has 0 aliphatic carbocycles. The van der Waals surface area contributed by atoms with E-state index in [0.29, 0.717) is 0 Å². The van der Waals surface area contributed by atoms with E-state index < -0.39 is 0 Å². The number of aliphatic imine (C=N–C) groups is 1. The van der Waals surface area contributed by atoms with Crippen LogP contribution in [-0.4, -0.2) is 28.4 Å². The van der Waals surface area contributed by atoms with Crippen molar-refractivity contribution in [2.75, 3.05) is 13.1 Å². The number of amidine groups is 1. The van der Waals surface area contributed by atoms with E-state index in [1.54, 1.807) is 0 Å². The molecule has 0 heterocycles. The van der Waals surface area contributed by atoms with Crippen LogP contribution in [0.4, 0.5) is 0 Å². The summed E-state index contributed by atoms with van der Waals surface area (Å²) in [6.45, 7) is 10.5. The van der Waals surface area contributed by atoms with Crippen molar-refractivity contribution in [3.63, 3.8) is 0 Å². The molecule has 3 heteroatoms. The largest absolute Gasteiger partial charge is 0.374 e. The van der Waals surface area contributed by atoms with E-state index in [9.17, 15) is 0 Å². The van der Waals surface area contributed by atoms with Crippen LogP contribution in [-0.2, 0) is 0 Å². The average Bonchev–Trinajstić information content (AvgIpc) is 2.50. The first kappa shape index (κ1) is 20.4. The van der Waals surface area contributed by atoms with Gasteiger partial charge in [0, 0.05) is 29.0 Å². The van der Waals surface area contributed by atoms with Gasteiger partial charge in [-0.3, -0.25) is 4.99 Å². The molecule has 0 fully saturated rings. The minimum Gasteiger partial charge on any atom is -0.374 e. The zero-order valence-electron chi connectivity index (χ0n) is 14.6. The van der Waals surface area contributed by atoms with Crippen LogP contribution in [0.3, 0.4) is 0 Å². The molecule has 0 aromatic rings. The van der Waals surface area contributed by atoms with E-state index >= 15 is 0 Å². The van der Waals surface area contributed by atoms with Gasteiger partial charge < -0.3 is 5.32 Å². The van der Waals surface area contributed by atoms with Crippen LogP contribution in [0.2, 0.25) is 6.04 Å². The smallest absolute Gasteiger partial charge is 0.0962 e. The molecule has 0 saturated carbocycles. The first-order valence-corrected chi connectivity index (χ1v) is 11.0. The number of nitrogens with zero attached hydrogens (tertiary/aromatic N) is 1. The van der Waals surface area contributed by atoms with Gasteiger partial charge >= 0.3 is 0 Å². The van der Waals surface area contributed by atoms with Gasteiger partial charge in [0.15, 0.2) is 0 Å². The van der Waals surface area contributed by atoms with Gasteiger partial charge in [-0.25, -0.2) is 0 Å². The zero-order valence-corrected chi connectivity index (χ0v) is 16.0. The van der Waals surface area contributed by atoms with Crippen LogP contribution < -0.4 is 5.32 Å². The second-order valence-electron chi connectivity index (χ2n) is 5.91. The number of hydrogen-bond acceptors (Lipinski definition) is 1. The fourth-order valence-electron chi connectivity index (χ4n) is 2.34. The predicted molar refractivity (Wildman–Crippen MR) is 101 cm³/mol. The van der Waals surface area contributed by atoms with Gasteiger partial charge in [-0.15, -0.1) is 12.3 Å². The molecule has 0 aliphatic heterocycles. The summed E-state index contributed by atoms with van der Waals surface area (Å²) in [7, 11) is -0.00109. The van der Waals surface area contributed by atoms with Gasteiger partial charge in [-0.1, -0.05) is 58.4 Å². The van der Waals surface area contributed by atoms with Crippen LogP contribution in [0.5, 0.6) is 0 Å².